The molecule has 2 amide bonds. The van der Waals surface area contributed by atoms with E-state index >= 15 is 0 Å². The van der Waals surface area contributed by atoms with Crippen molar-refractivity contribution in [1.29, 1.82) is 0 Å². The number of carbonyl (C=O) groups excluding carboxylic acids is 3. The molecule has 4 rings (SSSR count). The number of carbonyl (C=O) groups is 3. The van der Waals surface area contributed by atoms with Crippen LogP contribution in [0.3, 0.4) is 0 Å². The van der Waals surface area contributed by atoms with Gasteiger partial charge in [-0.15, -0.1) is 11.3 Å². The largest absolute Gasteiger partial charge is 0.392 e. The SMILES string of the molecule is O=C(ON1C(=O)c2ccccc2C1=O)c1nc2c(s1)COCC2. The number of hydroxylamine groups is 2. The highest BCUT2D eigenvalue weighted by atomic mass is 32.1. The average Bonchev–Trinajstić information content (AvgIpc) is 3.11. The topological polar surface area (TPSA) is 85.8 Å². The maximum absolute atomic E-state index is 12.2. The summed E-state index contributed by atoms with van der Waals surface area (Å²) < 4.78 is 5.30. The molecule has 2 aliphatic rings. The first-order valence-corrected chi connectivity index (χ1v) is 7.73. The lowest BCUT2D eigenvalue weighted by Gasteiger charge is -2.11. The Hall–Kier alpha value is -2.58. The van der Waals surface area contributed by atoms with Crippen LogP contribution in [0.5, 0.6) is 0 Å². The zero-order valence-corrected chi connectivity index (χ0v) is 12.6. The number of fused-ring (bicyclic) bond motifs is 2. The van der Waals surface area contributed by atoms with Gasteiger partial charge in [0.1, 0.15) is 0 Å². The Labute approximate surface area is 134 Å². The van der Waals surface area contributed by atoms with Crippen molar-refractivity contribution in [2.75, 3.05) is 6.61 Å². The van der Waals surface area contributed by atoms with Crippen molar-refractivity contribution in [3.63, 3.8) is 0 Å². The quantitative estimate of drug-likeness (QED) is 0.777. The lowest BCUT2D eigenvalue weighted by molar-refractivity contribution is -0.0584. The fraction of sp³-hybridized carbons (Fsp3) is 0.200. The Kier molecular flexibility index (Phi) is 3.21. The smallest absolute Gasteiger partial charge is 0.375 e. The highest BCUT2D eigenvalue weighted by Crippen LogP contribution is 2.26. The molecule has 0 atom stereocenters. The molecule has 0 unspecified atom stereocenters. The van der Waals surface area contributed by atoms with Gasteiger partial charge in [-0.05, 0) is 12.1 Å². The van der Waals surface area contributed by atoms with E-state index in [2.05, 4.69) is 4.98 Å². The Balaban J connectivity index is 1.57. The molecule has 0 aliphatic carbocycles. The number of amides is 2. The summed E-state index contributed by atoms with van der Waals surface area (Å²) >= 11 is 1.15. The molecule has 23 heavy (non-hydrogen) atoms. The molecular formula is C15H10N2O5S. The zero-order valence-electron chi connectivity index (χ0n) is 11.8. The summed E-state index contributed by atoms with van der Waals surface area (Å²) in [5.41, 5.74) is 1.24. The van der Waals surface area contributed by atoms with Crippen LogP contribution in [-0.4, -0.2) is 34.4 Å². The maximum atomic E-state index is 12.2. The van der Waals surface area contributed by atoms with Crippen molar-refractivity contribution in [3.05, 3.63) is 51.0 Å². The highest BCUT2D eigenvalue weighted by Gasteiger charge is 2.39. The van der Waals surface area contributed by atoms with Gasteiger partial charge in [-0.25, -0.2) is 9.78 Å². The van der Waals surface area contributed by atoms with Gasteiger partial charge in [0, 0.05) is 6.42 Å². The Bertz CT molecular complexity index is 786. The van der Waals surface area contributed by atoms with Crippen molar-refractivity contribution in [1.82, 2.24) is 10.0 Å². The summed E-state index contributed by atoms with van der Waals surface area (Å²) in [7, 11) is 0. The molecular weight excluding hydrogens is 320 g/mol. The molecule has 0 bridgehead atoms. The fourth-order valence-electron chi connectivity index (χ4n) is 2.48. The van der Waals surface area contributed by atoms with Crippen molar-refractivity contribution in [2.24, 2.45) is 0 Å². The molecule has 3 heterocycles. The first-order chi connectivity index (χ1) is 11.1. The van der Waals surface area contributed by atoms with Crippen LogP contribution in [0.15, 0.2) is 24.3 Å². The van der Waals surface area contributed by atoms with E-state index in [9.17, 15) is 14.4 Å². The van der Waals surface area contributed by atoms with Gasteiger partial charge in [0.25, 0.3) is 11.8 Å². The number of ether oxygens (including phenoxy) is 1. The molecule has 0 saturated heterocycles. The van der Waals surface area contributed by atoms with E-state index in [1.807, 2.05) is 0 Å². The van der Waals surface area contributed by atoms with E-state index in [1.165, 1.54) is 12.1 Å². The van der Waals surface area contributed by atoms with Crippen LogP contribution in [0.2, 0.25) is 0 Å². The van der Waals surface area contributed by atoms with Gasteiger partial charge in [0.2, 0.25) is 5.01 Å². The number of imide groups is 1. The van der Waals surface area contributed by atoms with Gasteiger partial charge < -0.3 is 9.57 Å². The van der Waals surface area contributed by atoms with Gasteiger partial charge in [0.15, 0.2) is 0 Å². The third-order valence-electron chi connectivity index (χ3n) is 3.60. The molecule has 0 saturated carbocycles. The van der Waals surface area contributed by atoms with Crippen molar-refractivity contribution >= 4 is 29.1 Å². The van der Waals surface area contributed by atoms with Crippen molar-refractivity contribution in [3.8, 4) is 0 Å². The van der Waals surface area contributed by atoms with Gasteiger partial charge in [-0.3, -0.25) is 9.59 Å². The number of thiazole rings is 1. The number of benzene rings is 1. The molecule has 2 aromatic rings. The minimum atomic E-state index is -0.820. The van der Waals surface area contributed by atoms with Crippen LogP contribution < -0.4 is 0 Å². The second kappa shape index (κ2) is 5.25. The van der Waals surface area contributed by atoms with Gasteiger partial charge in [-0.2, -0.15) is 0 Å². The minimum absolute atomic E-state index is 0.108. The normalized spacial score (nSPS) is 16.3. The molecule has 7 nitrogen and oxygen atoms in total. The number of hydrogen-bond acceptors (Lipinski definition) is 7. The first-order valence-electron chi connectivity index (χ1n) is 6.91. The molecule has 0 fully saturated rings. The highest BCUT2D eigenvalue weighted by molar-refractivity contribution is 7.13. The van der Waals surface area contributed by atoms with Crippen LogP contribution in [0.4, 0.5) is 0 Å². The minimum Gasteiger partial charge on any atom is -0.375 e. The van der Waals surface area contributed by atoms with E-state index in [0.717, 1.165) is 21.9 Å². The van der Waals surface area contributed by atoms with Gasteiger partial charge >= 0.3 is 5.97 Å². The number of aromatic nitrogens is 1. The number of hydrogen-bond donors (Lipinski definition) is 0. The number of rotatable bonds is 2. The lowest BCUT2D eigenvalue weighted by atomic mass is 10.1. The predicted octanol–water partition coefficient (Wildman–Crippen LogP) is 1.58. The predicted molar refractivity (Wildman–Crippen MR) is 77.8 cm³/mol. The summed E-state index contributed by atoms with van der Waals surface area (Å²) in [6.07, 6.45) is 0.631. The first kappa shape index (κ1) is 14.0. The third-order valence-corrected chi connectivity index (χ3v) is 4.65. The standard InChI is InChI=1S/C15H10N2O5S/c18-13-8-3-1-2-4-9(8)14(19)17(13)22-15(20)12-16-10-5-6-21-7-11(10)23-12/h1-4H,5-7H2. The van der Waals surface area contributed by atoms with Crippen LogP contribution in [0.25, 0.3) is 0 Å². The fourth-order valence-corrected chi connectivity index (χ4v) is 3.40. The van der Waals surface area contributed by atoms with Gasteiger partial charge in [-0.1, -0.05) is 17.2 Å². The maximum Gasteiger partial charge on any atom is 0.392 e. The Morgan fingerprint density at radius 3 is 2.57 bits per heavy atom. The second-order valence-electron chi connectivity index (χ2n) is 5.02. The molecule has 1 aromatic heterocycles. The van der Waals surface area contributed by atoms with E-state index in [1.54, 1.807) is 12.1 Å². The molecule has 1 aromatic carbocycles. The number of nitrogens with zero attached hydrogens (tertiary/aromatic N) is 2. The zero-order chi connectivity index (χ0) is 16.0. The second-order valence-corrected chi connectivity index (χ2v) is 6.10. The van der Waals surface area contributed by atoms with Crippen LogP contribution in [0, 0.1) is 0 Å². The van der Waals surface area contributed by atoms with E-state index < -0.39 is 17.8 Å². The summed E-state index contributed by atoms with van der Waals surface area (Å²) in [5, 5.41) is 0.598. The monoisotopic (exact) mass is 330 g/mol. The van der Waals surface area contributed by atoms with Crippen LogP contribution >= 0.6 is 11.3 Å². The average molecular weight is 330 g/mol. The molecule has 116 valence electrons. The molecule has 8 heteroatoms. The molecule has 0 radical (unpaired) electrons. The van der Waals surface area contributed by atoms with Gasteiger partial charge in [0.05, 0.1) is 34.9 Å². The Morgan fingerprint density at radius 1 is 1.22 bits per heavy atom. The third kappa shape index (κ3) is 2.23. The Morgan fingerprint density at radius 2 is 1.91 bits per heavy atom. The van der Waals surface area contributed by atoms with Crippen LogP contribution in [0.1, 0.15) is 41.1 Å². The van der Waals surface area contributed by atoms with Crippen LogP contribution in [-0.2, 0) is 22.6 Å². The summed E-state index contributed by atoms with van der Waals surface area (Å²) in [4.78, 5) is 46.6. The molecule has 0 N–H and O–H groups in total. The van der Waals surface area contributed by atoms with E-state index in [-0.39, 0.29) is 16.1 Å². The van der Waals surface area contributed by atoms with E-state index in [0.29, 0.717) is 24.7 Å². The molecule has 0 spiro atoms. The van der Waals surface area contributed by atoms with Crippen molar-refractivity contribution in [2.45, 2.75) is 13.0 Å². The summed E-state index contributed by atoms with van der Waals surface area (Å²) in [6.45, 7) is 0.969. The summed E-state index contributed by atoms with van der Waals surface area (Å²) in [5.74, 6) is -2.12. The van der Waals surface area contributed by atoms with E-state index in [4.69, 9.17) is 9.57 Å². The lowest BCUT2D eigenvalue weighted by Crippen LogP contribution is -2.32. The molecule has 2 aliphatic heterocycles. The summed E-state index contributed by atoms with van der Waals surface area (Å²) in [6, 6.07) is 6.32. The van der Waals surface area contributed by atoms with Crippen molar-refractivity contribution < 1.29 is 24.0 Å².